The Balaban J connectivity index is 2.23. The summed E-state index contributed by atoms with van der Waals surface area (Å²) in [5.74, 6) is 3.60. The van der Waals surface area contributed by atoms with Crippen LogP contribution in [0.2, 0.25) is 0 Å². The predicted molar refractivity (Wildman–Crippen MR) is 70.8 cm³/mol. The Morgan fingerprint density at radius 1 is 1.40 bits per heavy atom. The van der Waals surface area contributed by atoms with Gasteiger partial charge in [-0.15, -0.1) is 0 Å². The van der Waals surface area contributed by atoms with Gasteiger partial charge in [-0.3, -0.25) is 0 Å². The third-order valence-corrected chi connectivity index (χ3v) is 4.61. The van der Waals surface area contributed by atoms with E-state index in [4.69, 9.17) is 0 Å². The molecule has 0 saturated carbocycles. The van der Waals surface area contributed by atoms with Crippen LogP contribution in [0.25, 0.3) is 0 Å². The number of nitrogens with zero attached hydrogens (tertiary/aromatic N) is 2. The van der Waals surface area contributed by atoms with E-state index in [2.05, 4.69) is 32.7 Å². The maximum atomic E-state index is 4.47. The molecule has 0 aliphatic carbocycles. The van der Waals surface area contributed by atoms with Gasteiger partial charge in [0.2, 0.25) is 0 Å². The number of rotatable bonds is 1. The summed E-state index contributed by atoms with van der Waals surface area (Å²) in [5, 5.41) is 0. The van der Waals surface area contributed by atoms with Gasteiger partial charge in [-0.25, -0.2) is 4.98 Å². The van der Waals surface area contributed by atoms with Crippen molar-refractivity contribution in [3.63, 3.8) is 0 Å². The monoisotopic (exact) mass is 286 g/mol. The number of aromatic nitrogens is 1. The molecule has 1 aromatic heterocycles. The summed E-state index contributed by atoms with van der Waals surface area (Å²) in [7, 11) is 0. The first-order valence-corrected chi connectivity index (χ1v) is 7.17. The summed E-state index contributed by atoms with van der Waals surface area (Å²) < 4.78 is 1.15. The van der Waals surface area contributed by atoms with Crippen molar-refractivity contribution >= 4 is 33.5 Å². The van der Waals surface area contributed by atoms with Crippen LogP contribution in [0.15, 0.2) is 16.7 Å². The van der Waals surface area contributed by atoms with Crippen molar-refractivity contribution < 1.29 is 0 Å². The Labute approximate surface area is 104 Å². The highest BCUT2D eigenvalue weighted by Gasteiger charge is 2.14. The van der Waals surface area contributed by atoms with Crippen LogP contribution >= 0.6 is 27.7 Å². The number of hydrogen-bond acceptors (Lipinski definition) is 3. The molecule has 0 N–H and O–H groups in total. The Bertz CT molecular complexity index is 335. The van der Waals surface area contributed by atoms with Gasteiger partial charge in [-0.1, -0.05) is 0 Å². The average molecular weight is 287 g/mol. The summed E-state index contributed by atoms with van der Waals surface area (Å²) >= 11 is 5.67. The zero-order valence-electron chi connectivity index (χ0n) is 8.87. The molecule has 2 nitrogen and oxygen atoms in total. The van der Waals surface area contributed by atoms with E-state index in [0.29, 0.717) is 0 Å². The van der Waals surface area contributed by atoms with E-state index in [1.807, 2.05) is 24.0 Å². The Kier molecular flexibility index (Phi) is 3.92. The highest BCUT2D eigenvalue weighted by molar-refractivity contribution is 9.10. The van der Waals surface area contributed by atoms with E-state index in [0.717, 1.165) is 23.4 Å². The molecule has 82 valence electrons. The highest BCUT2D eigenvalue weighted by atomic mass is 79.9. The van der Waals surface area contributed by atoms with Crippen molar-refractivity contribution in [2.24, 2.45) is 0 Å². The summed E-state index contributed by atoms with van der Waals surface area (Å²) in [4.78, 5) is 6.86. The molecule has 0 aromatic carbocycles. The molecule has 0 amide bonds. The molecule has 1 aromatic rings. The van der Waals surface area contributed by atoms with Crippen molar-refractivity contribution in [2.75, 3.05) is 29.5 Å². The minimum atomic E-state index is 1.11. The van der Waals surface area contributed by atoms with E-state index in [9.17, 15) is 0 Å². The first kappa shape index (κ1) is 11.3. The number of hydrogen-bond donors (Lipinski definition) is 0. The van der Waals surface area contributed by atoms with Crippen LogP contribution in [0, 0.1) is 6.92 Å². The summed E-state index contributed by atoms with van der Waals surface area (Å²) in [6.07, 6.45) is 3.15. The maximum absolute atomic E-state index is 4.47. The molecule has 1 saturated heterocycles. The largest absolute Gasteiger partial charge is 0.355 e. The van der Waals surface area contributed by atoms with Crippen LogP contribution in [0.3, 0.4) is 0 Å². The molecule has 0 atom stereocenters. The summed E-state index contributed by atoms with van der Waals surface area (Å²) in [6, 6.07) is 2.04. The third kappa shape index (κ3) is 2.67. The number of halogens is 1. The van der Waals surface area contributed by atoms with Crippen LogP contribution in [0.1, 0.15) is 12.0 Å². The second-order valence-electron chi connectivity index (χ2n) is 3.72. The third-order valence-electron chi connectivity index (χ3n) is 2.59. The van der Waals surface area contributed by atoms with Gasteiger partial charge in [0.25, 0.3) is 0 Å². The van der Waals surface area contributed by atoms with Crippen LogP contribution in [-0.4, -0.2) is 29.6 Å². The van der Waals surface area contributed by atoms with E-state index < -0.39 is 0 Å². The van der Waals surface area contributed by atoms with E-state index in [1.165, 1.54) is 23.5 Å². The summed E-state index contributed by atoms with van der Waals surface area (Å²) in [6.45, 7) is 4.35. The first-order valence-electron chi connectivity index (χ1n) is 5.23. The molecule has 0 unspecified atom stereocenters. The average Bonchev–Trinajstić information content (AvgIpc) is 2.50. The van der Waals surface area contributed by atoms with Gasteiger partial charge in [0.1, 0.15) is 5.82 Å². The fraction of sp³-hybridized carbons (Fsp3) is 0.545. The second-order valence-corrected chi connectivity index (χ2v) is 5.74. The topological polar surface area (TPSA) is 16.1 Å². The fourth-order valence-corrected chi connectivity index (χ4v) is 3.08. The Hall–Kier alpha value is -0.220. The summed E-state index contributed by atoms with van der Waals surface area (Å²) in [5.41, 5.74) is 1.26. The molecule has 1 fully saturated rings. The molecular weight excluding hydrogens is 272 g/mol. The number of aryl methyl sites for hydroxylation is 1. The van der Waals surface area contributed by atoms with E-state index in [1.54, 1.807) is 0 Å². The van der Waals surface area contributed by atoms with Gasteiger partial charge >= 0.3 is 0 Å². The fourth-order valence-electron chi connectivity index (χ4n) is 1.70. The zero-order valence-corrected chi connectivity index (χ0v) is 11.3. The maximum Gasteiger partial charge on any atom is 0.143 e. The lowest BCUT2D eigenvalue weighted by Gasteiger charge is -2.22. The molecule has 2 rings (SSSR count). The molecule has 15 heavy (non-hydrogen) atoms. The predicted octanol–water partition coefficient (Wildman–Crippen LogP) is 3.10. The molecular formula is C11H15BrN2S. The molecule has 4 heteroatoms. The van der Waals surface area contributed by atoms with Crippen LogP contribution in [0.4, 0.5) is 5.82 Å². The molecule has 1 aliphatic heterocycles. The molecule has 2 heterocycles. The van der Waals surface area contributed by atoms with Gasteiger partial charge < -0.3 is 4.90 Å². The van der Waals surface area contributed by atoms with Gasteiger partial charge in [0.05, 0.1) is 4.47 Å². The number of thioether (sulfide) groups is 1. The van der Waals surface area contributed by atoms with Crippen molar-refractivity contribution in [3.05, 3.63) is 22.3 Å². The minimum absolute atomic E-state index is 1.11. The van der Waals surface area contributed by atoms with Gasteiger partial charge in [-0.05, 0) is 46.7 Å². The van der Waals surface area contributed by atoms with Gasteiger partial charge in [0, 0.05) is 25.0 Å². The van der Waals surface area contributed by atoms with Crippen molar-refractivity contribution in [3.8, 4) is 0 Å². The van der Waals surface area contributed by atoms with Crippen molar-refractivity contribution in [2.45, 2.75) is 13.3 Å². The molecule has 0 bridgehead atoms. The number of anilines is 1. The lowest BCUT2D eigenvalue weighted by Crippen LogP contribution is -2.26. The van der Waals surface area contributed by atoms with E-state index >= 15 is 0 Å². The lowest BCUT2D eigenvalue weighted by molar-refractivity contribution is 0.798. The Morgan fingerprint density at radius 3 is 3.13 bits per heavy atom. The van der Waals surface area contributed by atoms with Crippen molar-refractivity contribution in [1.82, 2.24) is 4.98 Å². The second kappa shape index (κ2) is 5.21. The molecule has 0 spiro atoms. The first-order chi connectivity index (χ1) is 7.29. The number of pyridine rings is 1. The molecule has 0 radical (unpaired) electrons. The highest BCUT2D eigenvalue weighted by Crippen LogP contribution is 2.28. The van der Waals surface area contributed by atoms with Gasteiger partial charge in [-0.2, -0.15) is 11.8 Å². The quantitative estimate of drug-likeness (QED) is 0.789. The van der Waals surface area contributed by atoms with Crippen LogP contribution in [0.5, 0.6) is 0 Å². The van der Waals surface area contributed by atoms with Crippen LogP contribution < -0.4 is 4.90 Å². The van der Waals surface area contributed by atoms with E-state index in [-0.39, 0.29) is 0 Å². The zero-order chi connectivity index (χ0) is 10.7. The lowest BCUT2D eigenvalue weighted by atomic mass is 10.3. The molecule has 1 aliphatic rings. The normalized spacial score (nSPS) is 17.6. The smallest absolute Gasteiger partial charge is 0.143 e. The Morgan fingerprint density at radius 2 is 2.27 bits per heavy atom. The van der Waals surface area contributed by atoms with Crippen molar-refractivity contribution in [1.29, 1.82) is 0 Å². The SMILES string of the molecule is Cc1ccnc(N2CCCSCC2)c1Br. The van der Waals surface area contributed by atoms with Gasteiger partial charge in [0.15, 0.2) is 0 Å². The van der Waals surface area contributed by atoms with Crippen LogP contribution in [-0.2, 0) is 0 Å². The minimum Gasteiger partial charge on any atom is -0.355 e. The standard InChI is InChI=1S/C11H15BrN2S/c1-9-3-4-13-11(10(9)12)14-5-2-7-15-8-6-14/h3-4H,2,5-8H2,1H3.